The van der Waals surface area contributed by atoms with Crippen molar-refractivity contribution in [1.82, 2.24) is 0 Å². The fourth-order valence-electron chi connectivity index (χ4n) is 1.54. The maximum absolute atomic E-state index is 13.5. The molecule has 0 fully saturated rings. The lowest BCUT2D eigenvalue weighted by Gasteiger charge is -2.14. The Balaban J connectivity index is 3.05. The predicted octanol–water partition coefficient (Wildman–Crippen LogP) is 2.41. The van der Waals surface area contributed by atoms with Gasteiger partial charge in [0.2, 0.25) is 0 Å². The summed E-state index contributed by atoms with van der Waals surface area (Å²) in [6.07, 6.45) is -0.114. The van der Waals surface area contributed by atoms with Crippen LogP contribution in [0.2, 0.25) is 0 Å². The van der Waals surface area contributed by atoms with Gasteiger partial charge in [0, 0.05) is 5.56 Å². The summed E-state index contributed by atoms with van der Waals surface area (Å²) >= 11 is 0. The van der Waals surface area contributed by atoms with E-state index in [1.165, 1.54) is 19.2 Å². The zero-order valence-electron chi connectivity index (χ0n) is 8.66. The number of aliphatic carboxylic acids is 1. The summed E-state index contributed by atoms with van der Waals surface area (Å²) in [7, 11) is 1.44. The lowest BCUT2D eigenvalue weighted by molar-refractivity contribution is -0.137. The van der Waals surface area contributed by atoms with Crippen LogP contribution in [0.5, 0.6) is 5.75 Å². The van der Waals surface area contributed by atoms with Crippen molar-refractivity contribution in [2.75, 3.05) is 7.11 Å². The number of hydrogen-bond acceptors (Lipinski definition) is 2. The van der Waals surface area contributed by atoms with E-state index in [1.54, 1.807) is 13.0 Å². The summed E-state index contributed by atoms with van der Waals surface area (Å²) in [5, 5.41) is 8.64. The quantitative estimate of drug-likeness (QED) is 0.833. The largest absolute Gasteiger partial charge is 0.496 e. The van der Waals surface area contributed by atoms with Gasteiger partial charge in [0.15, 0.2) is 0 Å². The maximum Gasteiger partial charge on any atom is 0.303 e. The summed E-state index contributed by atoms with van der Waals surface area (Å²) in [6, 6.07) is 4.46. The van der Waals surface area contributed by atoms with Crippen molar-refractivity contribution in [2.45, 2.75) is 19.3 Å². The fourth-order valence-corrected chi connectivity index (χ4v) is 1.54. The number of hydrogen-bond donors (Lipinski definition) is 1. The van der Waals surface area contributed by atoms with E-state index in [-0.39, 0.29) is 6.42 Å². The molecule has 0 spiro atoms. The minimum atomic E-state index is -0.951. The molecule has 0 aliphatic carbocycles. The molecule has 1 atom stereocenters. The van der Waals surface area contributed by atoms with Crippen LogP contribution in [-0.2, 0) is 4.79 Å². The molecule has 3 nitrogen and oxygen atoms in total. The van der Waals surface area contributed by atoms with Crippen LogP contribution in [0.1, 0.15) is 24.8 Å². The molecule has 0 unspecified atom stereocenters. The summed E-state index contributed by atoms with van der Waals surface area (Å²) in [6.45, 7) is 1.66. The summed E-state index contributed by atoms with van der Waals surface area (Å²) in [5.41, 5.74) is 0.322. The Bertz CT molecular complexity index is 363. The van der Waals surface area contributed by atoms with Crippen LogP contribution in [0.3, 0.4) is 0 Å². The topological polar surface area (TPSA) is 46.5 Å². The third-order valence-corrected chi connectivity index (χ3v) is 2.21. The van der Waals surface area contributed by atoms with Crippen molar-refractivity contribution in [3.8, 4) is 5.75 Å². The van der Waals surface area contributed by atoms with Crippen LogP contribution < -0.4 is 4.74 Å². The second-order valence-electron chi connectivity index (χ2n) is 3.35. The molecule has 0 saturated heterocycles. The number of carbonyl (C=O) groups is 1. The smallest absolute Gasteiger partial charge is 0.303 e. The van der Waals surface area contributed by atoms with E-state index < -0.39 is 17.7 Å². The molecule has 82 valence electrons. The first-order valence-corrected chi connectivity index (χ1v) is 4.60. The Kier molecular flexibility index (Phi) is 3.66. The molecule has 1 aromatic rings. The predicted molar refractivity (Wildman–Crippen MR) is 53.6 cm³/mol. The van der Waals surface area contributed by atoms with Crippen molar-refractivity contribution in [1.29, 1.82) is 0 Å². The molecule has 0 bridgehead atoms. The van der Waals surface area contributed by atoms with Crippen molar-refractivity contribution in [3.63, 3.8) is 0 Å². The summed E-state index contributed by atoms with van der Waals surface area (Å²) in [4.78, 5) is 10.5. The SMILES string of the molecule is COc1cccc(F)c1[C@H](C)CC(=O)O. The normalized spacial score (nSPS) is 12.2. The second-order valence-corrected chi connectivity index (χ2v) is 3.35. The first-order valence-electron chi connectivity index (χ1n) is 4.60. The van der Waals surface area contributed by atoms with Crippen molar-refractivity contribution < 1.29 is 19.0 Å². The molecular formula is C11H13FO3. The minimum absolute atomic E-state index is 0.114. The van der Waals surface area contributed by atoms with Gasteiger partial charge in [-0.2, -0.15) is 0 Å². The molecule has 1 N–H and O–H groups in total. The molecule has 0 heterocycles. The maximum atomic E-state index is 13.5. The lowest BCUT2D eigenvalue weighted by Crippen LogP contribution is -2.06. The van der Waals surface area contributed by atoms with Crippen LogP contribution in [0.25, 0.3) is 0 Å². The van der Waals surface area contributed by atoms with E-state index in [1.807, 2.05) is 0 Å². The summed E-state index contributed by atoms with van der Waals surface area (Å²) in [5.74, 6) is -1.39. The van der Waals surface area contributed by atoms with Gasteiger partial charge in [0.05, 0.1) is 13.5 Å². The molecule has 0 aliphatic heterocycles. The molecule has 0 radical (unpaired) electrons. The number of carboxylic acids is 1. The Hall–Kier alpha value is -1.58. The van der Waals surface area contributed by atoms with Crippen molar-refractivity contribution >= 4 is 5.97 Å². The van der Waals surface area contributed by atoms with E-state index in [4.69, 9.17) is 9.84 Å². The van der Waals surface area contributed by atoms with Gasteiger partial charge in [0.1, 0.15) is 11.6 Å². The zero-order chi connectivity index (χ0) is 11.4. The number of benzene rings is 1. The zero-order valence-corrected chi connectivity index (χ0v) is 8.66. The van der Waals surface area contributed by atoms with Gasteiger partial charge in [-0.1, -0.05) is 13.0 Å². The Morgan fingerprint density at radius 3 is 2.80 bits per heavy atom. The van der Waals surface area contributed by atoms with Gasteiger partial charge in [-0.25, -0.2) is 4.39 Å². The van der Waals surface area contributed by atoms with Crippen LogP contribution in [0, 0.1) is 5.82 Å². The van der Waals surface area contributed by atoms with E-state index in [9.17, 15) is 9.18 Å². The average molecular weight is 212 g/mol. The number of ether oxygens (including phenoxy) is 1. The van der Waals surface area contributed by atoms with E-state index in [2.05, 4.69) is 0 Å². The van der Waals surface area contributed by atoms with Crippen LogP contribution in [-0.4, -0.2) is 18.2 Å². The molecule has 15 heavy (non-hydrogen) atoms. The highest BCUT2D eigenvalue weighted by Crippen LogP contribution is 2.30. The van der Waals surface area contributed by atoms with Gasteiger partial charge in [-0.3, -0.25) is 4.79 Å². The third kappa shape index (κ3) is 2.68. The molecule has 0 aliphatic rings. The van der Waals surface area contributed by atoms with Gasteiger partial charge in [-0.05, 0) is 18.1 Å². The Morgan fingerprint density at radius 1 is 1.60 bits per heavy atom. The molecule has 4 heteroatoms. The highest BCUT2D eigenvalue weighted by Gasteiger charge is 2.18. The first-order chi connectivity index (χ1) is 7.06. The van der Waals surface area contributed by atoms with Crippen molar-refractivity contribution in [2.24, 2.45) is 0 Å². The molecule has 1 aromatic carbocycles. The fraction of sp³-hybridized carbons (Fsp3) is 0.364. The standard InChI is InChI=1S/C11H13FO3/c1-7(6-10(13)14)11-8(12)4-3-5-9(11)15-2/h3-5,7H,6H2,1-2H3,(H,13,14)/t7-/m1/s1. The number of carboxylic acid groups (broad SMARTS) is 1. The van der Waals surface area contributed by atoms with Gasteiger partial charge in [-0.15, -0.1) is 0 Å². The lowest BCUT2D eigenvalue weighted by atomic mass is 9.96. The van der Waals surface area contributed by atoms with E-state index in [0.717, 1.165) is 0 Å². The second kappa shape index (κ2) is 4.77. The molecule has 0 saturated carbocycles. The van der Waals surface area contributed by atoms with Crippen molar-refractivity contribution in [3.05, 3.63) is 29.6 Å². The third-order valence-electron chi connectivity index (χ3n) is 2.21. The first kappa shape index (κ1) is 11.5. The van der Waals surface area contributed by atoms with E-state index >= 15 is 0 Å². The van der Waals surface area contributed by atoms with Gasteiger partial charge < -0.3 is 9.84 Å². The average Bonchev–Trinajstić information content (AvgIpc) is 2.15. The number of halogens is 1. The molecule has 0 aromatic heterocycles. The highest BCUT2D eigenvalue weighted by atomic mass is 19.1. The number of rotatable bonds is 4. The van der Waals surface area contributed by atoms with E-state index in [0.29, 0.717) is 11.3 Å². The molecule has 0 amide bonds. The highest BCUT2D eigenvalue weighted by molar-refractivity contribution is 5.68. The van der Waals surface area contributed by atoms with Crippen LogP contribution >= 0.6 is 0 Å². The molecular weight excluding hydrogens is 199 g/mol. The van der Waals surface area contributed by atoms with Gasteiger partial charge >= 0.3 is 5.97 Å². The van der Waals surface area contributed by atoms with Crippen LogP contribution in [0.15, 0.2) is 18.2 Å². The van der Waals surface area contributed by atoms with Crippen LogP contribution in [0.4, 0.5) is 4.39 Å². The molecule has 1 rings (SSSR count). The monoisotopic (exact) mass is 212 g/mol. The minimum Gasteiger partial charge on any atom is -0.496 e. The Morgan fingerprint density at radius 2 is 2.27 bits per heavy atom. The summed E-state index contributed by atoms with van der Waals surface area (Å²) < 4.78 is 18.5. The Labute approximate surface area is 87.5 Å². The number of methoxy groups -OCH3 is 1. The van der Waals surface area contributed by atoms with Gasteiger partial charge in [0.25, 0.3) is 0 Å².